The van der Waals surface area contributed by atoms with Crippen molar-refractivity contribution in [2.75, 3.05) is 0 Å². The fourth-order valence-corrected chi connectivity index (χ4v) is 0.952. The minimum absolute atomic E-state index is 0.185. The van der Waals surface area contributed by atoms with Crippen molar-refractivity contribution in [2.45, 2.75) is 31.4 Å². The van der Waals surface area contributed by atoms with E-state index >= 15 is 0 Å². The average molecular weight is 114 g/mol. The van der Waals surface area contributed by atoms with Crippen molar-refractivity contribution in [3.8, 4) is 0 Å². The molecule has 1 aliphatic carbocycles. The van der Waals surface area contributed by atoms with Gasteiger partial charge in [-0.1, -0.05) is 0 Å². The van der Waals surface area contributed by atoms with Crippen LogP contribution in [0.5, 0.6) is 0 Å². The van der Waals surface area contributed by atoms with Crippen molar-refractivity contribution in [3.63, 3.8) is 0 Å². The fraction of sp³-hybridized carbons (Fsp3) is 0.833. The minimum atomic E-state index is -0.185. The monoisotopic (exact) mass is 114 g/mol. The Morgan fingerprint density at radius 1 is 1.50 bits per heavy atom. The second-order valence-corrected chi connectivity index (χ2v) is 2.38. The SMILES string of the molecule is NC1C[CH]C(O)CC1. The Kier molecular flexibility index (Phi) is 1.86. The summed E-state index contributed by atoms with van der Waals surface area (Å²) in [6, 6.07) is 0.304. The molecule has 2 nitrogen and oxygen atoms in total. The molecule has 47 valence electrons. The van der Waals surface area contributed by atoms with Gasteiger partial charge in [-0.15, -0.1) is 0 Å². The van der Waals surface area contributed by atoms with Crippen molar-refractivity contribution in [2.24, 2.45) is 5.73 Å². The molecule has 0 aromatic rings. The highest BCUT2D eigenvalue weighted by Gasteiger charge is 2.15. The van der Waals surface area contributed by atoms with Crippen LogP contribution < -0.4 is 5.73 Å². The van der Waals surface area contributed by atoms with E-state index in [1.807, 2.05) is 6.42 Å². The van der Waals surface area contributed by atoms with E-state index in [-0.39, 0.29) is 6.10 Å². The zero-order valence-corrected chi connectivity index (χ0v) is 4.88. The van der Waals surface area contributed by atoms with Crippen molar-refractivity contribution in [1.29, 1.82) is 0 Å². The molecule has 1 radical (unpaired) electrons. The summed E-state index contributed by atoms with van der Waals surface area (Å²) in [7, 11) is 0. The summed E-state index contributed by atoms with van der Waals surface area (Å²) in [6.07, 6.45) is 4.39. The molecule has 2 atom stereocenters. The lowest BCUT2D eigenvalue weighted by Gasteiger charge is -2.20. The summed E-state index contributed by atoms with van der Waals surface area (Å²) in [5, 5.41) is 8.92. The van der Waals surface area contributed by atoms with E-state index in [4.69, 9.17) is 10.8 Å². The zero-order chi connectivity index (χ0) is 5.98. The molecule has 0 aliphatic heterocycles. The van der Waals surface area contributed by atoms with Crippen LogP contribution in [0.25, 0.3) is 0 Å². The highest BCUT2D eigenvalue weighted by atomic mass is 16.3. The maximum absolute atomic E-state index is 8.92. The molecule has 0 heterocycles. The standard InChI is InChI=1S/C6H12NO/c7-5-1-3-6(8)4-2-5/h3,5-6,8H,1-2,4,7H2. The summed E-state index contributed by atoms with van der Waals surface area (Å²) < 4.78 is 0. The Hall–Kier alpha value is -0.0800. The van der Waals surface area contributed by atoms with Crippen LogP contribution in [0.1, 0.15) is 19.3 Å². The summed E-state index contributed by atoms with van der Waals surface area (Å²) in [4.78, 5) is 0. The quantitative estimate of drug-likeness (QED) is 0.468. The van der Waals surface area contributed by atoms with Gasteiger partial charge in [-0.05, 0) is 25.7 Å². The van der Waals surface area contributed by atoms with E-state index in [9.17, 15) is 0 Å². The van der Waals surface area contributed by atoms with Gasteiger partial charge in [0.1, 0.15) is 0 Å². The van der Waals surface area contributed by atoms with E-state index in [1.165, 1.54) is 0 Å². The number of rotatable bonds is 0. The van der Waals surface area contributed by atoms with Crippen molar-refractivity contribution >= 4 is 0 Å². The summed E-state index contributed by atoms with van der Waals surface area (Å²) in [6.45, 7) is 0. The van der Waals surface area contributed by atoms with E-state index in [0.717, 1.165) is 19.3 Å². The van der Waals surface area contributed by atoms with Crippen LogP contribution in [0.15, 0.2) is 0 Å². The van der Waals surface area contributed by atoms with Gasteiger partial charge in [-0.2, -0.15) is 0 Å². The number of nitrogens with two attached hydrogens (primary N) is 1. The first kappa shape index (κ1) is 6.05. The lowest BCUT2D eigenvalue weighted by atomic mass is 9.94. The third-order valence-corrected chi connectivity index (χ3v) is 1.54. The second-order valence-electron chi connectivity index (χ2n) is 2.38. The highest BCUT2D eigenvalue weighted by Crippen LogP contribution is 2.14. The van der Waals surface area contributed by atoms with Gasteiger partial charge < -0.3 is 10.8 Å². The van der Waals surface area contributed by atoms with E-state index in [0.29, 0.717) is 6.04 Å². The van der Waals surface area contributed by atoms with Gasteiger partial charge in [0, 0.05) is 6.04 Å². The Morgan fingerprint density at radius 2 is 2.25 bits per heavy atom. The van der Waals surface area contributed by atoms with Crippen LogP contribution in [0.4, 0.5) is 0 Å². The minimum Gasteiger partial charge on any atom is -0.393 e. The summed E-state index contributed by atoms with van der Waals surface area (Å²) >= 11 is 0. The molecule has 0 aromatic heterocycles. The van der Waals surface area contributed by atoms with Crippen LogP contribution >= 0.6 is 0 Å². The maximum Gasteiger partial charge on any atom is 0.0573 e. The van der Waals surface area contributed by atoms with E-state index < -0.39 is 0 Å². The van der Waals surface area contributed by atoms with Crippen LogP contribution in [-0.4, -0.2) is 17.3 Å². The molecule has 0 saturated heterocycles. The van der Waals surface area contributed by atoms with Crippen LogP contribution in [0.3, 0.4) is 0 Å². The van der Waals surface area contributed by atoms with Gasteiger partial charge >= 0.3 is 0 Å². The zero-order valence-electron chi connectivity index (χ0n) is 4.88. The Morgan fingerprint density at radius 3 is 2.62 bits per heavy atom. The molecule has 1 fully saturated rings. The maximum atomic E-state index is 8.92. The Labute approximate surface area is 49.7 Å². The predicted molar refractivity (Wildman–Crippen MR) is 32.1 cm³/mol. The predicted octanol–water partition coefficient (Wildman–Crippen LogP) is 0.0628. The molecule has 1 aliphatic rings. The Bertz CT molecular complexity index is 56.9. The van der Waals surface area contributed by atoms with Gasteiger partial charge in [-0.25, -0.2) is 0 Å². The average Bonchev–Trinajstić information content (AvgIpc) is 1.77. The van der Waals surface area contributed by atoms with E-state index in [2.05, 4.69) is 0 Å². The molecular formula is C6H12NO. The van der Waals surface area contributed by atoms with Crippen molar-refractivity contribution < 1.29 is 5.11 Å². The Balaban J connectivity index is 2.19. The highest BCUT2D eigenvalue weighted by molar-refractivity contribution is 4.86. The van der Waals surface area contributed by atoms with Crippen molar-refractivity contribution in [3.05, 3.63) is 6.42 Å². The molecule has 0 spiro atoms. The van der Waals surface area contributed by atoms with Crippen LogP contribution in [0.2, 0.25) is 0 Å². The van der Waals surface area contributed by atoms with Crippen molar-refractivity contribution in [1.82, 2.24) is 0 Å². The lowest BCUT2D eigenvalue weighted by molar-refractivity contribution is 0.168. The summed E-state index contributed by atoms with van der Waals surface area (Å²) in [5.74, 6) is 0. The lowest BCUT2D eigenvalue weighted by Crippen LogP contribution is -2.29. The molecule has 3 N–H and O–H groups in total. The topological polar surface area (TPSA) is 46.2 Å². The van der Waals surface area contributed by atoms with Crippen LogP contribution in [0, 0.1) is 6.42 Å². The van der Waals surface area contributed by atoms with Gasteiger partial charge in [0.15, 0.2) is 0 Å². The molecule has 1 rings (SSSR count). The molecule has 8 heavy (non-hydrogen) atoms. The van der Waals surface area contributed by atoms with E-state index in [1.54, 1.807) is 0 Å². The summed E-state index contributed by atoms with van der Waals surface area (Å²) in [5.41, 5.74) is 5.55. The number of hydrogen-bond acceptors (Lipinski definition) is 2. The third-order valence-electron chi connectivity index (χ3n) is 1.54. The molecule has 0 aromatic carbocycles. The van der Waals surface area contributed by atoms with Gasteiger partial charge in [0.05, 0.1) is 6.10 Å². The normalized spacial score (nSPS) is 39.8. The first-order chi connectivity index (χ1) is 3.79. The molecule has 1 saturated carbocycles. The largest absolute Gasteiger partial charge is 0.393 e. The smallest absolute Gasteiger partial charge is 0.0573 e. The first-order valence-electron chi connectivity index (χ1n) is 3.06. The fourth-order valence-electron chi connectivity index (χ4n) is 0.952. The van der Waals surface area contributed by atoms with Crippen LogP contribution in [-0.2, 0) is 0 Å². The molecule has 2 unspecified atom stereocenters. The third kappa shape index (κ3) is 1.46. The molecular weight excluding hydrogens is 102 g/mol. The number of aliphatic hydroxyl groups is 1. The van der Waals surface area contributed by atoms with Gasteiger partial charge in [-0.3, -0.25) is 0 Å². The molecule has 0 bridgehead atoms. The number of hydrogen-bond donors (Lipinski definition) is 2. The molecule has 2 heteroatoms. The van der Waals surface area contributed by atoms with Gasteiger partial charge in [0.2, 0.25) is 0 Å². The van der Waals surface area contributed by atoms with Gasteiger partial charge in [0.25, 0.3) is 0 Å². The number of aliphatic hydroxyl groups excluding tert-OH is 1. The first-order valence-corrected chi connectivity index (χ1v) is 3.06. The second kappa shape index (κ2) is 2.46. The molecule has 0 amide bonds.